The van der Waals surface area contributed by atoms with Gasteiger partial charge in [-0.05, 0) is 0 Å². The van der Waals surface area contributed by atoms with Crippen LogP contribution in [0.15, 0.2) is 0 Å². The molecule has 0 rings (SSSR count). The van der Waals surface area contributed by atoms with Crippen molar-refractivity contribution >= 4 is 107 Å². The van der Waals surface area contributed by atoms with E-state index in [4.69, 9.17) is 40.6 Å². The van der Waals surface area contributed by atoms with Crippen molar-refractivity contribution in [3.05, 3.63) is 0 Å². The van der Waals surface area contributed by atoms with Gasteiger partial charge in [0.15, 0.2) is 0 Å². The van der Waals surface area contributed by atoms with Crippen LogP contribution in [0.1, 0.15) is 27.7 Å². The molecule has 0 aromatic heterocycles. The molecule has 0 aliphatic heterocycles. The number of hydrogen-bond acceptors (Lipinski definition) is 6. The van der Waals surface area contributed by atoms with Gasteiger partial charge in [0, 0.05) is 129 Å². The molecule has 0 bridgehead atoms. The average Bonchev–Trinajstić information content (AvgIpc) is 2.15. The summed E-state index contributed by atoms with van der Waals surface area (Å²) in [5.74, 6) is -2.50. The third kappa shape index (κ3) is 222. The van der Waals surface area contributed by atoms with E-state index >= 15 is 0 Å². The Balaban J connectivity index is -0.0000000270. The molecule has 0 aliphatic carbocycles. The Kier molecular flexibility index (Phi) is 75.5. The molecule has 0 aromatic carbocycles. The maximum atomic E-state index is 9.00. The molecule has 6 N–H and O–H groups in total. The molecule has 0 unspecified atom stereocenters. The first-order chi connectivity index (χ1) is 8.50. The van der Waals surface area contributed by atoms with E-state index in [1.165, 1.54) is 5.06 Å². The predicted octanol–water partition coefficient (Wildman–Crippen LogP) is -1.21. The molecule has 0 saturated heterocycles. The van der Waals surface area contributed by atoms with Crippen molar-refractivity contribution < 1.29 is 34.9 Å². The van der Waals surface area contributed by atoms with Gasteiger partial charge in [-0.3, -0.25) is 14.4 Å². The molecule has 0 heterocycles. The van der Waals surface area contributed by atoms with Crippen LogP contribution in [0.5, 0.6) is 0 Å². The van der Waals surface area contributed by atoms with Gasteiger partial charge in [0.1, 0.15) is 0 Å². The van der Waals surface area contributed by atoms with Gasteiger partial charge in [0.25, 0.3) is 17.9 Å². The van der Waals surface area contributed by atoms with Crippen LogP contribution in [0.4, 0.5) is 0 Å². The van der Waals surface area contributed by atoms with E-state index in [9.17, 15) is 0 Å². The summed E-state index contributed by atoms with van der Waals surface area (Å²) in [5, 5.41) is 32.0. The zero-order chi connectivity index (χ0) is 16.4. The number of nitrogens with zero attached hydrogens (tertiary/aromatic N) is 1. The van der Waals surface area contributed by atoms with Crippen LogP contribution in [-0.2, 0) is 14.4 Å². The molecule has 0 aromatic rings. The van der Waals surface area contributed by atoms with Gasteiger partial charge in [-0.25, -0.2) is 0 Å². The Bertz CT molecular complexity index is 206. The van der Waals surface area contributed by atoms with E-state index in [0.29, 0.717) is 19.6 Å². The smallest absolute Gasteiger partial charge is 0.300 e. The van der Waals surface area contributed by atoms with Crippen molar-refractivity contribution in [2.75, 3.05) is 19.6 Å². The maximum Gasteiger partial charge on any atom is 0.300 e. The number of carbonyl (C=O) groups is 3. The number of aliphatic carboxylic acids is 3. The number of rotatable bonds is 3. The van der Waals surface area contributed by atoms with Gasteiger partial charge in [-0.15, -0.1) is 0 Å². The second-order valence-corrected chi connectivity index (χ2v) is 2.89. The van der Waals surface area contributed by atoms with Crippen LogP contribution < -0.4 is 5.73 Å². The third-order valence-corrected chi connectivity index (χ3v) is 0.752. The van der Waals surface area contributed by atoms with E-state index in [-0.39, 0.29) is 88.7 Å². The number of hydrogen-bond donors (Lipinski definition) is 5. The minimum atomic E-state index is -0.833. The molecule has 119 valence electrons. The van der Waals surface area contributed by atoms with E-state index in [1.54, 1.807) is 0 Å². The van der Waals surface area contributed by atoms with Crippen LogP contribution in [0.2, 0.25) is 0 Å². The Morgan fingerprint density at radius 3 is 1.09 bits per heavy atom. The van der Waals surface area contributed by atoms with Crippen molar-refractivity contribution in [2.24, 2.45) is 5.73 Å². The molecule has 0 atom stereocenters. The Morgan fingerprint density at radius 2 is 1.05 bits per heavy atom. The van der Waals surface area contributed by atoms with Gasteiger partial charge in [-0.2, -0.15) is 5.06 Å². The predicted molar refractivity (Wildman–Crippen MR) is 85.3 cm³/mol. The fourth-order valence-corrected chi connectivity index (χ4v) is 0.307. The largest absolute Gasteiger partial charge is 0.481 e. The first-order valence-electron chi connectivity index (χ1n) is 5.23. The third-order valence-electron chi connectivity index (χ3n) is 0.752. The number of carboxylic acids is 3. The summed E-state index contributed by atoms with van der Waals surface area (Å²) in [6.45, 7) is 6.85. The fraction of sp³-hybridized carbons (Fsp3) is 0.700. The second-order valence-electron chi connectivity index (χ2n) is 2.89. The summed E-state index contributed by atoms with van der Waals surface area (Å²) in [5.41, 5.74) is 5.10. The van der Waals surface area contributed by atoms with Gasteiger partial charge in [0.05, 0.1) is 0 Å². The standard InChI is InChI=1S/C4H12N2O.3C2H4O2.3Na/c1-2-6(7)4-3-5;3*1-2(3)4;;;/h7H,2-5H2,1H3;3*1H3,(H,3,4);;;. The minimum absolute atomic E-state index is 0. The van der Waals surface area contributed by atoms with Crippen LogP contribution >= 0.6 is 0 Å². The number of nitrogens with two attached hydrogens (primary N) is 1. The number of carboxylic acid groups (broad SMARTS) is 3. The molecule has 12 heteroatoms. The molecule has 0 aliphatic rings. The summed E-state index contributed by atoms with van der Waals surface area (Å²) in [4.78, 5) is 27.0. The maximum absolute atomic E-state index is 9.00. The molecule has 0 spiro atoms. The second kappa shape index (κ2) is 38.1. The van der Waals surface area contributed by atoms with Crippen LogP contribution in [0.3, 0.4) is 0 Å². The van der Waals surface area contributed by atoms with Gasteiger partial charge in [-0.1, -0.05) is 6.92 Å². The molecule has 0 amide bonds. The molecular weight excluding hydrogens is 329 g/mol. The Labute approximate surface area is 197 Å². The SMILES string of the molecule is CC(=O)O.CC(=O)O.CC(=O)O.CCN(O)CCN.[Na].[Na].[Na]. The first-order valence-corrected chi connectivity index (χ1v) is 5.23. The average molecular weight is 353 g/mol. The Morgan fingerprint density at radius 1 is 0.864 bits per heavy atom. The van der Waals surface area contributed by atoms with Crippen LogP contribution in [-0.4, -0.2) is 152 Å². The monoisotopic (exact) mass is 353 g/mol. The quantitative estimate of drug-likeness (QED) is 0.309. The van der Waals surface area contributed by atoms with E-state index in [1.807, 2.05) is 6.92 Å². The fourth-order valence-electron chi connectivity index (χ4n) is 0.307. The first kappa shape index (κ1) is 43.6. The van der Waals surface area contributed by atoms with Gasteiger partial charge >= 0.3 is 0 Å². The van der Waals surface area contributed by atoms with Crippen molar-refractivity contribution in [3.8, 4) is 0 Å². The molecular formula is C10H24N2Na3O7. The zero-order valence-corrected chi connectivity index (χ0v) is 20.7. The minimum Gasteiger partial charge on any atom is -0.481 e. The summed E-state index contributed by atoms with van der Waals surface area (Å²) in [7, 11) is 0. The van der Waals surface area contributed by atoms with E-state index in [0.717, 1.165) is 20.8 Å². The van der Waals surface area contributed by atoms with E-state index < -0.39 is 17.9 Å². The molecule has 22 heavy (non-hydrogen) atoms. The van der Waals surface area contributed by atoms with Crippen LogP contribution in [0.25, 0.3) is 0 Å². The topological polar surface area (TPSA) is 161 Å². The number of likely N-dealkylation sites (N-methyl/N-ethyl adjacent to an activating group) is 1. The van der Waals surface area contributed by atoms with Gasteiger partial charge < -0.3 is 26.3 Å². The zero-order valence-electron chi connectivity index (χ0n) is 14.7. The van der Waals surface area contributed by atoms with Crippen molar-refractivity contribution in [1.82, 2.24) is 5.06 Å². The van der Waals surface area contributed by atoms with Gasteiger partial charge in [0.2, 0.25) is 0 Å². The summed E-state index contributed by atoms with van der Waals surface area (Å²) in [6.07, 6.45) is 0. The van der Waals surface area contributed by atoms with Crippen LogP contribution in [0, 0.1) is 0 Å². The van der Waals surface area contributed by atoms with Crippen molar-refractivity contribution in [2.45, 2.75) is 27.7 Å². The summed E-state index contributed by atoms with van der Waals surface area (Å²) in [6, 6.07) is 0. The van der Waals surface area contributed by atoms with Crippen molar-refractivity contribution in [1.29, 1.82) is 0 Å². The molecule has 0 saturated carbocycles. The summed E-state index contributed by atoms with van der Waals surface area (Å²) >= 11 is 0. The molecule has 3 radical (unpaired) electrons. The summed E-state index contributed by atoms with van der Waals surface area (Å²) < 4.78 is 0. The Hall–Kier alpha value is 1.29. The molecule has 9 nitrogen and oxygen atoms in total. The number of hydroxylamine groups is 2. The van der Waals surface area contributed by atoms with E-state index in [2.05, 4.69) is 0 Å². The molecule has 0 fully saturated rings. The van der Waals surface area contributed by atoms with Crippen molar-refractivity contribution in [3.63, 3.8) is 0 Å². The normalized spacial score (nSPS) is 6.68.